The number of H-pyrrole nitrogens is 1. The molecule has 4 rings (SSSR count). The normalized spacial score (nSPS) is 10.9. The zero-order valence-corrected chi connectivity index (χ0v) is 11.8. The van der Waals surface area contributed by atoms with Crippen molar-refractivity contribution < 1.29 is 5.11 Å². The molecule has 2 N–H and O–H groups in total. The molecule has 0 atom stereocenters. The van der Waals surface area contributed by atoms with E-state index in [0.717, 1.165) is 33.4 Å². The first-order chi connectivity index (χ1) is 10.8. The second-order valence-electron chi connectivity index (χ2n) is 5.25. The number of benzene rings is 2. The quantitative estimate of drug-likeness (QED) is 0.565. The Kier molecular flexibility index (Phi) is 2.90. The van der Waals surface area contributed by atoms with Crippen LogP contribution in [0.4, 0.5) is 0 Å². The first-order valence-corrected chi connectivity index (χ1v) is 7.13. The summed E-state index contributed by atoms with van der Waals surface area (Å²) in [5, 5.41) is 10.5. The van der Waals surface area contributed by atoms with Gasteiger partial charge in [0.25, 0.3) is 0 Å². The molecule has 2 heterocycles. The van der Waals surface area contributed by atoms with Gasteiger partial charge in [0.05, 0.1) is 0 Å². The Balaban J connectivity index is 1.70. The SMILES string of the molecule is Oc1ccc(-c2ccc(-c3cc4cccnc4[nH]3)cc2)cc1. The van der Waals surface area contributed by atoms with E-state index in [0.29, 0.717) is 0 Å². The van der Waals surface area contributed by atoms with Crippen LogP contribution in [0.25, 0.3) is 33.4 Å². The molecule has 106 valence electrons. The van der Waals surface area contributed by atoms with Crippen molar-refractivity contribution in [3.05, 3.63) is 72.9 Å². The molecule has 0 bridgehead atoms. The van der Waals surface area contributed by atoms with Crippen molar-refractivity contribution in [2.45, 2.75) is 0 Å². The highest BCUT2D eigenvalue weighted by atomic mass is 16.3. The van der Waals surface area contributed by atoms with Gasteiger partial charge in [-0.15, -0.1) is 0 Å². The van der Waals surface area contributed by atoms with Gasteiger partial charge in [-0.05, 0) is 47.0 Å². The number of nitrogens with one attached hydrogen (secondary N) is 1. The predicted octanol–water partition coefficient (Wildman–Crippen LogP) is 4.60. The molecular formula is C19H14N2O. The molecule has 0 saturated carbocycles. The van der Waals surface area contributed by atoms with Crippen molar-refractivity contribution in [3.63, 3.8) is 0 Å². The molecule has 0 saturated heterocycles. The fraction of sp³-hybridized carbons (Fsp3) is 0. The van der Waals surface area contributed by atoms with Gasteiger partial charge in [-0.2, -0.15) is 0 Å². The van der Waals surface area contributed by atoms with Gasteiger partial charge >= 0.3 is 0 Å². The van der Waals surface area contributed by atoms with Crippen LogP contribution in [0.15, 0.2) is 72.9 Å². The van der Waals surface area contributed by atoms with Crippen molar-refractivity contribution >= 4 is 11.0 Å². The number of aromatic nitrogens is 2. The topological polar surface area (TPSA) is 48.9 Å². The fourth-order valence-electron chi connectivity index (χ4n) is 2.61. The molecule has 2 aromatic heterocycles. The Morgan fingerprint density at radius 3 is 2.09 bits per heavy atom. The van der Waals surface area contributed by atoms with E-state index in [2.05, 4.69) is 40.3 Å². The molecule has 0 unspecified atom stereocenters. The van der Waals surface area contributed by atoms with E-state index >= 15 is 0 Å². The van der Waals surface area contributed by atoms with Gasteiger partial charge in [-0.1, -0.05) is 36.4 Å². The summed E-state index contributed by atoms with van der Waals surface area (Å²) in [6, 6.07) is 21.7. The molecule has 0 spiro atoms. The second-order valence-corrected chi connectivity index (χ2v) is 5.25. The van der Waals surface area contributed by atoms with Gasteiger partial charge in [-0.25, -0.2) is 4.98 Å². The highest BCUT2D eigenvalue weighted by Crippen LogP contribution is 2.27. The summed E-state index contributed by atoms with van der Waals surface area (Å²) in [5.74, 6) is 0.283. The molecule has 0 amide bonds. The molecule has 3 heteroatoms. The first kappa shape index (κ1) is 12.7. The Labute approximate surface area is 127 Å². The van der Waals surface area contributed by atoms with Crippen LogP contribution < -0.4 is 0 Å². The molecule has 0 aliphatic rings. The smallest absolute Gasteiger partial charge is 0.137 e. The third kappa shape index (κ3) is 2.23. The van der Waals surface area contributed by atoms with Crippen LogP contribution in [0, 0.1) is 0 Å². The number of aromatic hydroxyl groups is 1. The monoisotopic (exact) mass is 286 g/mol. The van der Waals surface area contributed by atoms with E-state index in [-0.39, 0.29) is 5.75 Å². The maximum absolute atomic E-state index is 9.36. The molecule has 22 heavy (non-hydrogen) atoms. The van der Waals surface area contributed by atoms with E-state index in [1.165, 1.54) is 0 Å². The third-order valence-electron chi connectivity index (χ3n) is 3.79. The number of pyridine rings is 1. The first-order valence-electron chi connectivity index (χ1n) is 7.13. The average Bonchev–Trinajstić information content (AvgIpc) is 3.00. The number of rotatable bonds is 2. The van der Waals surface area contributed by atoms with Crippen molar-refractivity contribution in [3.8, 4) is 28.1 Å². The van der Waals surface area contributed by atoms with Gasteiger partial charge in [-0.3, -0.25) is 0 Å². The number of phenols is 1. The van der Waals surface area contributed by atoms with E-state index in [9.17, 15) is 5.11 Å². The van der Waals surface area contributed by atoms with Crippen LogP contribution in [0.1, 0.15) is 0 Å². The minimum absolute atomic E-state index is 0.283. The number of phenolic OH excluding ortho intramolecular Hbond substituents is 1. The van der Waals surface area contributed by atoms with E-state index in [1.807, 2.05) is 24.3 Å². The number of hydrogen-bond donors (Lipinski definition) is 2. The molecule has 4 aromatic rings. The highest BCUT2D eigenvalue weighted by molar-refractivity contribution is 5.83. The number of fused-ring (bicyclic) bond motifs is 1. The lowest BCUT2D eigenvalue weighted by Crippen LogP contribution is -1.80. The van der Waals surface area contributed by atoms with Gasteiger partial charge in [0.1, 0.15) is 11.4 Å². The molecule has 0 aliphatic heterocycles. The van der Waals surface area contributed by atoms with E-state index in [4.69, 9.17) is 0 Å². The Bertz CT molecular complexity index is 889. The Morgan fingerprint density at radius 2 is 1.41 bits per heavy atom. The zero-order valence-electron chi connectivity index (χ0n) is 11.8. The van der Waals surface area contributed by atoms with Gasteiger partial charge < -0.3 is 10.1 Å². The predicted molar refractivity (Wildman–Crippen MR) is 88.6 cm³/mol. The summed E-state index contributed by atoms with van der Waals surface area (Å²) in [6.07, 6.45) is 1.79. The van der Waals surface area contributed by atoms with Gasteiger partial charge in [0, 0.05) is 17.3 Å². The zero-order chi connectivity index (χ0) is 14.9. The van der Waals surface area contributed by atoms with E-state index in [1.54, 1.807) is 18.3 Å². The van der Waals surface area contributed by atoms with Crippen LogP contribution in [-0.4, -0.2) is 15.1 Å². The third-order valence-corrected chi connectivity index (χ3v) is 3.79. The molecule has 2 aromatic carbocycles. The van der Waals surface area contributed by atoms with Crippen LogP contribution in [0.3, 0.4) is 0 Å². The highest BCUT2D eigenvalue weighted by Gasteiger charge is 2.04. The van der Waals surface area contributed by atoms with Crippen molar-refractivity contribution in [1.29, 1.82) is 0 Å². The summed E-state index contributed by atoms with van der Waals surface area (Å²) >= 11 is 0. The van der Waals surface area contributed by atoms with Crippen molar-refractivity contribution in [1.82, 2.24) is 9.97 Å². The fourth-order valence-corrected chi connectivity index (χ4v) is 2.61. The minimum Gasteiger partial charge on any atom is -0.508 e. The lowest BCUT2D eigenvalue weighted by molar-refractivity contribution is 0.475. The van der Waals surface area contributed by atoms with Gasteiger partial charge in [0.2, 0.25) is 0 Å². The summed E-state index contributed by atoms with van der Waals surface area (Å²) in [5.41, 5.74) is 5.30. The molecule has 0 radical (unpaired) electrons. The number of aromatic amines is 1. The van der Waals surface area contributed by atoms with Crippen LogP contribution >= 0.6 is 0 Å². The number of nitrogens with zero attached hydrogens (tertiary/aromatic N) is 1. The summed E-state index contributed by atoms with van der Waals surface area (Å²) < 4.78 is 0. The lowest BCUT2D eigenvalue weighted by Gasteiger charge is -2.04. The summed E-state index contributed by atoms with van der Waals surface area (Å²) in [7, 11) is 0. The Hall–Kier alpha value is -3.07. The standard InChI is InChI=1S/C19H14N2O/c22-17-9-7-14(8-10-17)13-3-5-15(6-4-13)18-12-16-2-1-11-20-19(16)21-18/h1-12,22H,(H,20,21). The Morgan fingerprint density at radius 1 is 0.773 bits per heavy atom. The molecule has 3 nitrogen and oxygen atoms in total. The number of hydrogen-bond acceptors (Lipinski definition) is 2. The molecule has 0 fully saturated rings. The van der Waals surface area contributed by atoms with Crippen LogP contribution in [0.2, 0.25) is 0 Å². The average molecular weight is 286 g/mol. The minimum atomic E-state index is 0.283. The van der Waals surface area contributed by atoms with Crippen LogP contribution in [-0.2, 0) is 0 Å². The maximum Gasteiger partial charge on any atom is 0.137 e. The summed E-state index contributed by atoms with van der Waals surface area (Å²) in [4.78, 5) is 7.66. The van der Waals surface area contributed by atoms with Crippen LogP contribution in [0.5, 0.6) is 5.75 Å². The van der Waals surface area contributed by atoms with Crippen molar-refractivity contribution in [2.75, 3.05) is 0 Å². The lowest BCUT2D eigenvalue weighted by atomic mass is 10.0. The van der Waals surface area contributed by atoms with Crippen molar-refractivity contribution in [2.24, 2.45) is 0 Å². The van der Waals surface area contributed by atoms with E-state index < -0.39 is 0 Å². The molecular weight excluding hydrogens is 272 g/mol. The maximum atomic E-state index is 9.36. The van der Waals surface area contributed by atoms with Gasteiger partial charge in [0.15, 0.2) is 0 Å². The second kappa shape index (κ2) is 5.04. The summed E-state index contributed by atoms with van der Waals surface area (Å²) in [6.45, 7) is 0. The largest absolute Gasteiger partial charge is 0.508 e. The molecule has 0 aliphatic carbocycles.